The van der Waals surface area contributed by atoms with E-state index < -0.39 is 0 Å². The van der Waals surface area contributed by atoms with Crippen molar-refractivity contribution >= 4 is 16.6 Å². The highest BCUT2D eigenvalue weighted by Gasteiger charge is 2.12. The minimum Gasteiger partial charge on any atom is -0.364 e. The van der Waals surface area contributed by atoms with Crippen LogP contribution in [0.5, 0.6) is 0 Å². The number of hydrogen-bond donors (Lipinski definition) is 1. The van der Waals surface area contributed by atoms with Gasteiger partial charge >= 0.3 is 0 Å². The summed E-state index contributed by atoms with van der Waals surface area (Å²) in [6.45, 7) is 0.595. The Bertz CT molecular complexity index is 398. The third-order valence-electron chi connectivity index (χ3n) is 1.99. The molecule has 0 atom stereocenters. The second kappa shape index (κ2) is 1.98. The van der Waals surface area contributed by atoms with E-state index in [1.54, 1.807) is 6.26 Å². The normalized spacial score (nSPS) is 14.7. The van der Waals surface area contributed by atoms with Crippen LogP contribution in [-0.2, 0) is 11.4 Å². The molecule has 0 saturated heterocycles. The van der Waals surface area contributed by atoms with E-state index in [2.05, 4.69) is 10.6 Å². The summed E-state index contributed by atoms with van der Waals surface area (Å²) in [5.74, 6) is 0. The van der Waals surface area contributed by atoms with Crippen molar-refractivity contribution in [2.45, 2.75) is 6.61 Å². The lowest BCUT2D eigenvalue weighted by molar-refractivity contribution is 0.202. The molecule has 12 heavy (non-hydrogen) atoms. The highest BCUT2D eigenvalue weighted by atomic mass is 16.6. The van der Waals surface area contributed by atoms with E-state index in [0.717, 1.165) is 22.2 Å². The van der Waals surface area contributed by atoms with Gasteiger partial charge in [0.15, 0.2) is 0 Å². The van der Waals surface area contributed by atoms with Crippen LogP contribution in [0, 0.1) is 0 Å². The van der Waals surface area contributed by atoms with Crippen molar-refractivity contribution in [2.75, 3.05) is 5.48 Å². The summed E-state index contributed by atoms with van der Waals surface area (Å²) in [5.41, 5.74) is 5.82. The lowest BCUT2D eigenvalue weighted by atomic mass is 10.1. The lowest BCUT2D eigenvalue weighted by Crippen LogP contribution is -1.86. The molecule has 0 radical (unpaired) electrons. The van der Waals surface area contributed by atoms with E-state index in [-0.39, 0.29) is 0 Å². The second-order valence-electron chi connectivity index (χ2n) is 2.77. The zero-order valence-corrected chi connectivity index (χ0v) is 6.20. The maximum atomic E-state index is 5.05. The molecule has 0 spiro atoms. The van der Waals surface area contributed by atoms with Gasteiger partial charge in [-0.1, -0.05) is 5.16 Å². The first-order chi connectivity index (χ1) is 5.93. The molecular formula is C8H6N2O2. The minimum atomic E-state index is 0.595. The van der Waals surface area contributed by atoms with Gasteiger partial charge in [0.05, 0.1) is 5.69 Å². The van der Waals surface area contributed by atoms with E-state index in [1.807, 2.05) is 12.1 Å². The van der Waals surface area contributed by atoms with Gasteiger partial charge in [-0.25, -0.2) is 0 Å². The molecule has 1 aromatic heterocycles. The summed E-state index contributed by atoms with van der Waals surface area (Å²) in [6.07, 6.45) is 1.62. The van der Waals surface area contributed by atoms with Gasteiger partial charge in [-0.3, -0.25) is 10.3 Å². The highest BCUT2D eigenvalue weighted by Crippen LogP contribution is 2.27. The Hall–Kier alpha value is -1.55. The summed E-state index contributed by atoms with van der Waals surface area (Å²) < 4.78 is 4.82. The molecule has 0 saturated carbocycles. The number of nitrogens with one attached hydrogen (secondary N) is 1. The third-order valence-corrected chi connectivity index (χ3v) is 1.99. The number of rotatable bonds is 0. The molecule has 1 aliphatic heterocycles. The number of aromatic nitrogens is 1. The molecule has 2 aromatic rings. The first-order valence-electron chi connectivity index (χ1n) is 3.68. The number of fused-ring (bicyclic) bond motifs is 2. The topological polar surface area (TPSA) is 47.3 Å². The molecule has 0 amide bonds. The van der Waals surface area contributed by atoms with E-state index in [1.165, 1.54) is 0 Å². The van der Waals surface area contributed by atoms with Crippen molar-refractivity contribution in [3.8, 4) is 0 Å². The molecule has 0 aliphatic carbocycles. The van der Waals surface area contributed by atoms with Gasteiger partial charge in [-0.05, 0) is 12.1 Å². The minimum absolute atomic E-state index is 0.595. The van der Waals surface area contributed by atoms with Crippen LogP contribution in [0.3, 0.4) is 0 Å². The molecule has 3 rings (SSSR count). The van der Waals surface area contributed by atoms with Gasteiger partial charge in [-0.2, -0.15) is 0 Å². The fraction of sp³-hybridized carbons (Fsp3) is 0.125. The largest absolute Gasteiger partial charge is 0.364 e. The van der Waals surface area contributed by atoms with Crippen LogP contribution in [0.15, 0.2) is 22.9 Å². The van der Waals surface area contributed by atoms with Crippen molar-refractivity contribution in [1.29, 1.82) is 0 Å². The summed E-state index contributed by atoms with van der Waals surface area (Å²) >= 11 is 0. The Morgan fingerprint density at radius 2 is 2.42 bits per heavy atom. The van der Waals surface area contributed by atoms with Crippen molar-refractivity contribution in [1.82, 2.24) is 5.16 Å². The summed E-state index contributed by atoms with van der Waals surface area (Å²) in [5, 5.41) is 4.83. The van der Waals surface area contributed by atoms with Crippen LogP contribution in [0.25, 0.3) is 10.9 Å². The third kappa shape index (κ3) is 0.670. The maximum absolute atomic E-state index is 5.05. The summed E-state index contributed by atoms with van der Waals surface area (Å²) in [6, 6.07) is 3.93. The fourth-order valence-electron chi connectivity index (χ4n) is 1.37. The van der Waals surface area contributed by atoms with Crippen molar-refractivity contribution < 1.29 is 9.36 Å². The molecule has 60 valence electrons. The van der Waals surface area contributed by atoms with Gasteiger partial charge in [0.1, 0.15) is 18.4 Å². The number of anilines is 1. The van der Waals surface area contributed by atoms with Crippen LogP contribution < -0.4 is 5.48 Å². The molecule has 1 N–H and O–H groups in total. The van der Waals surface area contributed by atoms with Gasteiger partial charge in [0, 0.05) is 10.9 Å². The van der Waals surface area contributed by atoms with Gasteiger partial charge in [-0.15, -0.1) is 0 Å². The predicted octanol–water partition coefficient (Wildman–Crippen LogP) is 1.68. The molecular weight excluding hydrogens is 156 g/mol. The van der Waals surface area contributed by atoms with Crippen molar-refractivity contribution in [3.05, 3.63) is 24.0 Å². The molecule has 0 unspecified atom stereocenters. The zero-order chi connectivity index (χ0) is 7.97. The quantitative estimate of drug-likeness (QED) is 0.640. The van der Waals surface area contributed by atoms with Crippen molar-refractivity contribution in [3.63, 3.8) is 0 Å². The van der Waals surface area contributed by atoms with Gasteiger partial charge in [0.25, 0.3) is 0 Å². The van der Waals surface area contributed by atoms with Crippen molar-refractivity contribution in [2.24, 2.45) is 0 Å². The first kappa shape index (κ1) is 6.02. The SMILES string of the molecule is c1onc2cc3c(cc12)NOC3. The van der Waals surface area contributed by atoms with E-state index >= 15 is 0 Å². The molecule has 0 fully saturated rings. The Labute approximate surface area is 68.1 Å². The molecule has 1 aliphatic rings. The Kier molecular flexibility index (Phi) is 0.995. The molecule has 1 aromatic carbocycles. The predicted molar refractivity (Wildman–Crippen MR) is 42.4 cm³/mol. The van der Waals surface area contributed by atoms with E-state index in [4.69, 9.17) is 9.36 Å². The molecule has 2 heterocycles. The van der Waals surface area contributed by atoms with Crippen LogP contribution in [0.2, 0.25) is 0 Å². The number of benzene rings is 1. The number of nitrogens with zero attached hydrogens (tertiary/aromatic N) is 1. The zero-order valence-electron chi connectivity index (χ0n) is 6.20. The van der Waals surface area contributed by atoms with E-state index in [9.17, 15) is 0 Å². The van der Waals surface area contributed by atoms with Crippen LogP contribution in [-0.4, -0.2) is 5.16 Å². The summed E-state index contributed by atoms with van der Waals surface area (Å²) in [7, 11) is 0. The monoisotopic (exact) mass is 162 g/mol. The number of hydrogen-bond acceptors (Lipinski definition) is 4. The molecule has 0 bridgehead atoms. The standard InChI is InChI=1S/C8H6N2O2/c1-5-3-11-10-8(5)2-6-4-12-9-7(1)6/h1-3,9H,4H2. The Morgan fingerprint density at radius 1 is 1.42 bits per heavy atom. The first-order valence-corrected chi connectivity index (χ1v) is 3.68. The summed E-state index contributed by atoms with van der Waals surface area (Å²) in [4.78, 5) is 5.05. The van der Waals surface area contributed by atoms with Gasteiger partial charge in [0.2, 0.25) is 0 Å². The molecule has 4 heteroatoms. The Balaban J connectivity index is 2.38. The van der Waals surface area contributed by atoms with Gasteiger partial charge < -0.3 is 4.52 Å². The highest BCUT2D eigenvalue weighted by molar-refractivity contribution is 5.83. The average Bonchev–Trinajstić information content (AvgIpc) is 2.64. The van der Waals surface area contributed by atoms with Crippen LogP contribution in [0.4, 0.5) is 5.69 Å². The van der Waals surface area contributed by atoms with E-state index in [0.29, 0.717) is 6.61 Å². The second-order valence-corrected chi connectivity index (χ2v) is 2.77. The van der Waals surface area contributed by atoms with Crippen LogP contribution in [0.1, 0.15) is 5.56 Å². The fourth-order valence-corrected chi connectivity index (χ4v) is 1.37. The van der Waals surface area contributed by atoms with Crippen LogP contribution >= 0.6 is 0 Å². The average molecular weight is 162 g/mol. The lowest BCUT2D eigenvalue weighted by Gasteiger charge is -1.94. The maximum Gasteiger partial charge on any atom is 0.131 e. The smallest absolute Gasteiger partial charge is 0.131 e. The molecule has 4 nitrogen and oxygen atoms in total. The Morgan fingerprint density at radius 3 is 3.42 bits per heavy atom.